The number of hydrogen-bond donors (Lipinski definition) is 1. The molecule has 0 aliphatic carbocycles. The number of ether oxygens (including phenoxy) is 1. The van der Waals surface area contributed by atoms with Gasteiger partial charge in [-0.15, -0.1) is 0 Å². The Morgan fingerprint density at radius 3 is 1.82 bits per heavy atom. The van der Waals surface area contributed by atoms with Crippen molar-refractivity contribution >= 4 is 5.97 Å². The predicted molar refractivity (Wildman–Crippen MR) is 90.1 cm³/mol. The first-order chi connectivity index (χ1) is 9.66. The average Bonchev–Trinajstić information content (AvgIpc) is 2.34. The van der Waals surface area contributed by atoms with Crippen LogP contribution >= 0.6 is 0 Å². The highest BCUT2D eigenvalue weighted by atomic mass is 16.5. The summed E-state index contributed by atoms with van der Waals surface area (Å²) in [5, 5.41) is 17.6. The molecule has 0 atom stereocenters. The van der Waals surface area contributed by atoms with E-state index in [1.165, 1.54) is 0 Å². The molecule has 0 unspecified atom stereocenters. The Kier molecular flexibility index (Phi) is 9.64. The summed E-state index contributed by atoms with van der Waals surface area (Å²) in [5.41, 5.74) is -0.234. The van der Waals surface area contributed by atoms with Crippen molar-refractivity contribution in [2.45, 2.75) is 68.7 Å². The summed E-state index contributed by atoms with van der Waals surface area (Å²) >= 11 is 0. The zero-order chi connectivity index (χ0) is 18.2. The van der Waals surface area contributed by atoms with Gasteiger partial charge in [0.15, 0.2) is 0 Å². The van der Waals surface area contributed by atoms with E-state index < -0.39 is 0 Å². The van der Waals surface area contributed by atoms with Gasteiger partial charge < -0.3 is 9.84 Å². The molecule has 130 valence electrons. The second-order valence-electron chi connectivity index (χ2n) is 8.82. The van der Waals surface area contributed by atoms with Gasteiger partial charge in [-0.2, -0.15) is 5.26 Å². The molecule has 0 rings (SSSR count). The zero-order valence-corrected chi connectivity index (χ0v) is 15.9. The first-order valence-electron chi connectivity index (χ1n) is 7.84. The van der Waals surface area contributed by atoms with Gasteiger partial charge in [0.25, 0.3) is 0 Å². The molecule has 0 aliphatic heterocycles. The van der Waals surface area contributed by atoms with Crippen LogP contribution in [-0.4, -0.2) is 24.3 Å². The number of carbonyl (C=O) groups excluding carboxylic acids is 1. The molecule has 0 bridgehead atoms. The van der Waals surface area contributed by atoms with Crippen LogP contribution in [0.3, 0.4) is 0 Å². The van der Waals surface area contributed by atoms with Crippen LogP contribution in [0, 0.1) is 33.5 Å². The minimum absolute atomic E-state index is 0.0262. The Morgan fingerprint density at radius 1 is 1.14 bits per heavy atom. The van der Waals surface area contributed by atoms with Crippen molar-refractivity contribution in [3.8, 4) is 6.07 Å². The molecule has 0 amide bonds. The molecule has 0 fully saturated rings. The van der Waals surface area contributed by atoms with Gasteiger partial charge in [0, 0.05) is 5.41 Å². The van der Waals surface area contributed by atoms with Crippen molar-refractivity contribution in [1.82, 2.24) is 0 Å². The third-order valence-electron chi connectivity index (χ3n) is 2.78. The van der Waals surface area contributed by atoms with E-state index in [2.05, 4.69) is 26.8 Å². The van der Waals surface area contributed by atoms with Gasteiger partial charge in [-0.1, -0.05) is 48.5 Å². The van der Waals surface area contributed by atoms with Crippen LogP contribution in [0.4, 0.5) is 0 Å². The van der Waals surface area contributed by atoms with E-state index in [0.717, 1.165) is 6.42 Å². The maximum Gasteiger partial charge on any atom is 0.308 e. The van der Waals surface area contributed by atoms with Gasteiger partial charge in [0.2, 0.25) is 0 Å². The van der Waals surface area contributed by atoms with E-state index in [9.17, 15) is 4.79 Å². The summed E-state index contributed by atoms with van der Waals surface area (Å²) in [6.07, 6.45) is 0.955. The minimum Gasteiger partial charge on any atom is -0.465 e. The summed E-state index contributed by atoms with van der Waals surface area (Å²) in [6, 6.07) is 2.30. The normalized spacial score (nSPS) is 12.3. The van der Waals surface area contributed by atoms with E-state index in [1.54, 1.807) is 13.8 Å². The fraction of sp³-hybridized carbons (Fsp3) is 0.889. The van der Waals surface area contributed by atoms with Gasteiger partial charge in [-0.3, -0.25) is 4.79 Å². The smallest absolute Gasteiger partial charge is 0.308 e. The van der Waals surface area contributed by atoms with E-state index in [1.807, 2.05) is 27.7 Å². The standard InChI is InChI=1S/C9H17N.C9H18O3/c1-8(2,3)6-9(4,5)7-10;1-7(2)8(11)12-6-9(3,4)5-10/h6H2,1-5H3;7,10H,5-6H2,1-4H3. The van der Waals surface area contributed by atoms with Gasteiger partial charge >= 0.3 is 5.97 Å². The molecule has 0 aliphatic rings. The van der Waals surface area contributed by atoms with Crippen molar-refractivity contribution in [1.29, 1.82) is 5.26 Å². The number of esters is 1. The number of nitriles is 1. The number of carbonyl (C=O) groups is 1. The van der Waals surface area contributed by atoms with E-state index >= 15 is 0 Å². The Balaban J connectivity index is 0. The van der Waals surface area contributed by atoms with E-state index in [-0.39, 0.29) is 41.3 Å². The van der Waals surface area contributed by atoms with Crippen molar-refractivity contribution in [3.05, 3.63) is 0 Å². The highest BCUT2D eigenvalue weighted by Gasteiger charge is 2.24. The highest BCUT2D eigenvalue weighted by Crippen LogP contribution is 2.31. The molecule has 1 N–H and O–H groups in total. The second-order valence-corrected chi connectivity index (χ2v) is 8.82. The molecule has 0 saturated heterocycles. The van der Waals surface area contributed by atoms with Crippen molar-refractivity contribution in [2.24, 2.45) is 22.2 Å². The van der Waals surface area contributed by atoms with Crippen LogP contribution in [0.25, 0.3) is 0 Å². The number of hydrogen-bond acceptors (Lipinski definition) is 4. The van der Waals surface area contributed by atoms with Crippen molar-refractivity contribution < 1.29 is 14.6 Å². The zero-order valence-electron chi connectivity index (χ0n) is 15.9. The molecule has 0 aromatic heterocycles. The number of rotatable bonds is 5. The van der Waals surface area contributed by atoms with Gasteiger partial charge in [-0.25, -0.2) is 0 Å². The quantitative estimate of drug-likeness (QED) is 0.773. The molecule has 0 spiro atoms. The molecule has 0 aromatic rings. The highest BCUT2D eigenvalue weighted by molar-refractivity contribution is 5.71. The second kappa shape index (κ2) is 9.15. The lowest BCUT2D eigenvalue weighted by Gasteiger charge is -2.26. The summed E-state index contributed by atoms with van der Waals surface area (Å²) in [5.74, 6) is -0.309. The lowest BCUT2D eigenvalue weighted by Crippen LogP contribution is -2.26. The predicted octanol–water partition coefficient (Wildman–Crippen LogP) is 4.18. The average molecular weight is 313 g/mol. The molecular weight excluding hydrogens is 278 g/mol. The number of nitrogens with zero attached hydrogens (tertiary/aromatic N) is 1. The van der Waals surface area contributed by atoms with Gasteiger partial charge in [0.05, 0.1) is 30.6 Å². The SMILES string of the molecule is CC(C)(C)CC(C)(C)C#N.CC(C)C(=O)OCC(C)(C)CO. The molecule has 4 nitrogen and oxygen atoms in total. The summed E-state index contributed by atoms with van der Waals surface area (Å²) < 4.78 is 4.96. The van der Waals surface area contributed by atoms with E-state index in [0.29, 0.717) is 0 Å². The maximum atomic E-state index is 11.0. The van der Waals surface area contributed by atoms with Crippen LogP contribution in [0.15, 0.2) is 0 Å². The van der Waals surface area contributed by atoms with Gasteiger partial charge in [0.1, 0.15) is 0 Å². The van der Waals surface area contributed by atoms with Crippen LogP contribution < -0.4 is 0 Å². The third-order valence-corrected chi connectivity index (χ3v) is 2.78. The molecule has 0 heterocycles. The fourth-order valence-corrected chi connectivity index (χ4v) is 1.84. The maximum absolute atomic E-state index is 11.0. The first-order valence-corrected chi connectivity index (χ1v) is 7.84. The monoisotopic (exact) mass is 313 g/mol. The molecular formula is C18H35NO3. The Labute approximate surface area is 136 Å². The summed E-state index contributed by atoms with van der Waals surface area (Å²) in [6.45, 7) is 18.0. The minimum atomic E-state index is -0.329. The Hall–Kier alpha value is -1.08. The first kappa shape index (κ1) is 23.2. The lowest BCUT2D eigenvalue weighted by atomic mass is 9.77. The van der Waals surface area contributed by atoms with Crippen LogP contribution in [0.1, 0.15) is 68.7 Å². The van der Waals surface area contributed by atoms with Crippen molar-refractivity contribution in [2.75, 3.05) is 13.2 Å². The third kappa shape index (κ3) is 13.9. The molecule has 0 saturated carbocycles. The fourth-order valence-electron chi connectivity index (χ4n) is 1.84. The van der Waals surface area contributed by atoms with Crippen LogP contribution in [-0.2, 0) is 9.53 Å². The summed E-state index contributed by atoms with van der Waals surface area (Å²) in [7, 11) is 0. The number of aliphatic hydroxyl groups excluding tert-OH is 1. The molecule has 0 radical (unpaired) electrons. The topological polar surface area (TPSA) is 70.3 Å². The molecule has 4 heteroatoms. The lowest BCUT2D eigenvalue weighted by molar-refractivity contribution is -0.151. The Morgan fingerprint density at radius 2 is 1.59 bits per heavy atom. The largest absolute Gasteiger partial charge is 0.465 e. The molecule has 0 aromatic carbocycles. The van der Waals surface area contributed by atoms with Gasteiger partial charge in [-0.05, 0) is 25.7 Å². The molecule has 22 heavy (non-hydrogen) atoms. The van der Waals surface area contributed by atoms with E-state index in [4.69, 9.17) is 15.1 Å². The Bertz CT molecular complexity index is 371. The van der Waals surface area contributed by atoms with Crippen molar-refractivity contribution in [3.63, 3.8) is 0 Å². The van der Waals surface area contributed by atoms with Crippen LogP contribution in [0.5, 0.6) is 0 Å². The number of aliphatic hydroxyl groups is 1. The summed E-state index contributed by atoms with van der Waals surface area (Å²) in [4.78, 5) is 11.0. The van der Waals surface area contributed by atoms with Crippen LogP contribution in [0.2, 0.25) is 0 Å².